The molecule has 92 valence electrons. The first-order valence-corrected chi connectivity index (χ1v) is 6.26. The summed E-state index contributed by atoms with van der Waals surface area (Å²) in [6, 6.07) is 6.94. The van der Waals surface area contributed by atoms with Gasteiger partial charge in [0.15, 0.2) is 0 Å². The molecule has 0 unspecified atom stereocenters. The van der Waals surface area contributed by atoms with E-state index in [1.165, 1.54) is 0 Å². The topological polar surface area (TPSA) is 58.2 Å². The Hall–Kier alpha value is -0.620. The van der Waals surface area contributed by atoms with Crippen LogP contribution in [0.5, 0.6) is 0 Å². The summed E-state index contributed by atoms with van der Waals surface area (Å²) in [5.41, 5.74) is 0.759. The Labute approximate surface area is 103 Å². The molecule has 0 aliphatic carbocycles. The van der Waals surface area contributed by atoms with Crippen molar-refractivity contribution >= 4 is 22.4 Å². The Balaban J connectivity index is 0.00000225. The van der Waals surface area contributed by atoms with Crippen LogP contribution in [0.25, 0.3) is 0 Å². The average Bonchev–Trinajstić information content (AvgIpc) is 2.18. The van der Waals surface area contributed by atoms with Gasteiger partial charge in [-0.3, -0.25) is 0 Å². The van der Waals surface area contributed by atoms with E-state index in [9.17, 15) is 8.42 Å². The van der Waals surface area contributed by atoms with E-state index in [2.05, 4.69) is 10.0 Å². The Bertz CT molecular complexity index is 421. The van der Waals surface area contributed by atoms with Crippen LogP contribution in [0.2, 0.25) is 0 Å². The summed E-state index contributed by atoms with van der Waals surface area (Å²) in [5.74, 6) is 0. The average molecular weight is 265 g/mol. The summed E-state index contributed by atoms with van der Waals surface area (Å²) in [6.07, 6.45) is 0. The summed E-state index contributed by atoms with van der Waals surface area (Å²) in [6.45, 7) is 2.80. The van der Waals surface area contributed by atoms with Gasteiger partial charge in [0.2, 0.25) is 10.0 Å². The van der Waals surface area contributed by atoms with Crippen LogP contribution in [0.4, 0.5) is 0 Å². The molecule has 0 spiro atoms. The number of nitrogens with one attached hydrogen (secondary N) is 2. The summed E-state index contributed by atoms with van der Waals surface area (Å²) in [7, 11) is -1.57. The first kappa shape index (κ1) is 15.4. The molecule has 0 aromatic heterocycles. The van der Waals surface area contributed by atoms with Gasteiger partial charge in [0.1, 0.15) is 0 Å². The zero-order valence-corrected chi connectivity index (χ0v) is 11.0. The molecule has 1 aromatic rings. The first-order valence-electron chi connectivity index (χ1n) is 4.78. The molecule has 0 fully saturated rings. The Morgan fingerprint density at radius 1 is 1.19 bits per heavy atom. The fourth-order valence-corrected chi connectivity index (χ4v) is 2.52. The third-order valence-electron chi connectivity index (χ3n) is 2.05. The molecule has 1 aromatic carbocycles. The van der Waals surface area contributed by atoms with Crippen molar-refractivity contribution in [2.75, 3.05) is 20.1 Å². The normalized spacial score (nSPS) is 10.9. The second kappa shape index (κ2) is 6.85. The van der Waals surface area contributed by atoms with E-state index in [1.54, 1.807) is 32.2 Å². The van der Waals surface area contributed by atoms with Crippen molar-refractivity contribution in [2.24, 2.45) is 0 Å². The number of halogens is 1. The quantitative estimate of drug-likeness (QED) is 0.778. The summed E-state index contributed by atoms with van der Waals surface area (Å²) in [5, 5.41) is 2.88. The Morgan fingerprint density at radius 2 is 1.81 bits per heavy atom. The van der Waals surface area contributed by atoms with Gasteiger partial charge in [0.25, 0.3) is 0 Å². The van der Waals surface area contributed by atoms with Crippen LogP contribution in [0, 0.1) is 6.92 Å². The maximum absolute atomic E-state index is 11.8. The number of benzene rings is 1. The molecule has 0 amide bonds. The lowest BCUT2D eigenvalue weighted by Crippen LogP contribution is -2.30. The zero-order chi connectivity index (χ0) is 11.3. The fourth-order valence-electron chi connectivity index (χ4n) is 1.25. The monoisotopic (exact) mass is 264 g/mol. The highest BCUT2D eigenvalue weighted by atomic mass is 35.5. The predicted octanol–water partition coefficient (Wildman–Crippen LogP) is 0.915. The van der Waals surface area contributed by atoms with E-state index < -0.39 is 10.0 Å². The fraction of sp³-hybridized carbons (Fsp3) is 0.400. The second-order valence-electron chi connectivity index (χ2n) is 3.27. The maximum atomic E-state index is 11.8. The van der Waals surface area contributed by atoms with Crippen molar-refractivity contribution in [3.8, 4) is 0 Å². The Kier molecular flexibility index (Phi) is 6.59. The molecule has 2 N–H and O–H groups in total. The van der Waals surface area contributed by atoms with Crippen molar-refractivity contribution in [1.82, 2.24) is 10.0 Å². The van der Waals surface area contributed by atoms with Gasteiger partial charge in [-0.05, 0) is 25.6 Å². The van der Waals surface area contributed by atoms with Gasteiger partial charge in [0.05, 0.1) is 4.90 Å². The van der Waals surface area contributed by atoms with E-state index in [4.69, 9.17) is 0 Å². The van der Waals surface area contributed by atoms with Gasteiger partial charge in [-0.25, -0.2) is 13.1 Å². The number of likely N-dealkylation sites (N-methyl/N-ethyl adjacent to an activating group) is 1. The van der Waals surface area contributed by atoms with Crippen LogP contribution in [0.15, 0.2) is 29.2 Å². The lowest BCUT2D eigenvalue weighted by atomic mass is 10.2. The number of rotatable bonds is 5. The van der Waals surface area contributed by atoms with E-state index in [0.717, 1.165) is 5.56 Å². The molecular weight excluding hydrogens is 248 g/mol. The predicted molar refractivity (Wildman–Crippen MR) is 67.5 cm³/mol. The largest absolute Gasteiger partial charge is 0.318 e. The number of hydrogen-bond acceptors (Lipinski definition) is 3. The first-order chi connectivity index (χ1) is 7.08. The van der Waals surface area contributed by atoms with Crippen LogP contribution in [0.1, 0.15) is 5.56 Å². The maximum Gasteiger partial charge on any atom is 0.240 e. The van der Waals surface area contributed by atoms with Crippen molar-refractivity contribution in [2.45, 2.75) is 11.8 Å². The van der Waals surface area contributed by atoms with E-state index in [-0.39, 0.29) is 12.4 Å². The van der Waals surface area contributed by atoms with Crippen LogP contribution < -0.4 is 10.0 Å². The van der Waals surface area contributed by atoms with Gasteiger partial charge in [-0.15, -0.1) is 12.4 Å². The molecule has 4 nitrogen and oxygen atoms in total. The zero-order valence-electron chi connectivity index (χ0n) is 9.36. The number of aryl methyl sites for hydroxylation is 1. The van der Waals surface area contributed by atoms with Gasteiger partial charge < -0.3 is 5.32 Å². The molecular formula is C10H17ClN2O2S. The van der Waals surface area contributed by atoms with Gasteiger partial charge in [0, 0.05) is 13.1 Å². The highest BCUT2D eigenvalue weighted by molar-refractivity contribution is 7.89. The van der Waals surface area contributed by atoms with Gasteiger partial charge in [-0.2, -0.15) is 0 Å². The van der Waals surface area contributed by atoms with Crippen molar-refractivity contribution < 1.29 is 8.42 Å². The summed E-state index contributed by atoms with van der Waals surface area (Å²) >= 11 is 0. The molecule has 0 heterocycles. The minimum Gasteiger partial charge on any atom is -0.318 e. The van der Waals surface area contributed by atoms with Crippen molar-refractivity contribution in [1.29, 1.82) is 0 Å². The lowest BCUT2D eigenvalue weighted by Gasteiger charge is -2.08. The molecule has 0 saturated heterocycles. The number of sulfonamides is 1. The van der Waals surface area contributed by atoms with Crippen LogP contribution in [-0.2, 0) is 10.0 Å². The molecule has 6 heteroatoms. The van der Waals surface area contributed by atoms with E-state index in [1.807, 2.05) is 6.07 Å². The van der Waals surface area contributed by atoms with E-state index >= 15 is 0 Å². The van der Waals surface area contributed by atoms with Crippen LogP contribution >= 0.6 is 12.4 Å². The minimum atomic E-state index is -3.35. The third kappa shape index (κ3) is 4.09. The molecule has 0 bridgehead atoms. The summed E-state index contributed by atoms with van der Waals surface area (Å²) in [4.78, 5) is 0.348. The second-order valence-corrected chi connectivity index (χ2v) is 5.00. The Morgan fingerprint density at radius 3 is 2.38 bits per heavy atom. The van der Waals surface area contributed by atoms with Gasteiger partial charge in [-0.1, -0.05) is 18.2 Å². The third-order valence-corrected chi connectivity index (χ3v) is 3.67. The van der Waals surface area contributed by atoms with E-state index in [0.29, 0.717) is 18.0 Å². The molecule has 0 atom stereocenters. The molecule has 0 aliphatic heterocycles. The molecule has 0 aliphatic rings. The highest BCUT2D eigenvalue weighted by Gasteiger charge is 2.14. The molecule has 1 rings (SSSR count). The smallest absolute Gasteiger partial charge is 0.240 e. The van der Waals surface area contributed by atoms with Gasteiger partial charge >= 0.3 is 0 Å². The highest BCUT2D eigenvalue weighted by Crippen LogP contribution is 2.13. The molecule has 16 heavy (non-hydrogen) atoms. The minimum absolute atomic E-state index is 0. The summed E-state index contributed by atoms with van der Waals surface area (Å²) < 4.78 is 26.1. The molecule has 0 radical (unpaired) electrons. The van der Waals surface area contributed by atoms with Crippen molar-refractivity contribution in [3.63, 3.8) is 0 Å². The lowest BCUT2D eigenvalue weighted by molar-refractivity contribution is 0.579. The molecule has 0 saturated carbocycles. The van der Waals surface area contributed by atoms with Crippen LogP contribution in [0.3, 0.4) is 0 Å². The van der Waals surface area contributed by atoms with Crippen molar-refractivity contribution in [3.05, 3.63) is 29.8 Å². The number of hydrogen-bond donors (Lipinski definition) is 2. The van der Waals surface area contributed by atoms with Crippen LogP contribution in [-0.4, -0.2) is 28.6 Å². The SMILES string of the molecule is CNCCNS(=O)(=O)c1ccccc1C.Cl. The standard InChI is InChI=1S/C10H16N2O2S.ClH/c1-9-5-3-4-6-10(9)15(13,14)12-8-7-11-2;/h3-6,11-12H,7-8H2,1-2H3;1H.